The van der Waals surface area contributed by atoms with Crippen LogP contribution in [0.25, 0.3) is 0 Å². The van der Waals surface area contributed by atoms with Crippen molar-refractivity contribution in [3.63, 3.8) is 0 Å². The third kappa shape index (κ3) is 2.11. The van der Waals surface area contributed by atoms with Crippen LogP contribution in [0.1, 0.15) is 5.56 Å². The monoisotopic (exact) mass is 183 g/mol. The molecule has 1 aromatic heterocycles. The van der Waals surface area contributed by atoms with Crippen LogP contribution in [0.4, 0.5) is 0 Å². The van der Waals surface area contributed by atoms with Gasteiger partial charge >= 0.3 is 5.69 Å². The number of aromatic nitrogens is 2. The summed E-state index contributed by atoms with van der Waals surface area (Å²) < 4.78 is 1.25. The van der Waals surface area contributed by atoms with Gasteiger partial charge in [0.2, 0.25) is 0 Å². The molecule has 0 radical (unpaired) electrons. The summed E-state index contributed by atoms with van der Waals surface area (Å²) in [6.07, 6.45) is 1.41. The van der Waals surface area contributed by atoms with Crippen molar-refractivity contribution >= 4 is 0 Å². The molecule has 1 N–H and O–H groups in total. The fourth-order valence-corrected chi connectivity index (χ4v) is 0.933. The SMILES string of the molecule is Cc1cn(CCN=O)c(=O)[nH]c1=O. The molecule has 0 spiro atoms. The van der Waals surface area contributed by atoms with Crippen molar-refractivity contribution in [1.29, 1.82) is 0 Å². The van der Waals surface area contributed by atoms with Crippen LogP contribution in [0.15, 0.2) is 21.0 Å². The summed E-state index contributed by atoms with van der Waals surface area (Å²) in [5.41, 5.74) is -0.481. The average Bonchev–Trinajstić information content (AvgIpc) is 2.09. The maximum Gasteiger partial charge on any atom is 0.328 e. The minimum atomic E-state index is -0.515. The molecule has 0 aromatic carbocycles. The van der Waals surface area contributed by atoms with E-state index >= 15 is 0 Å². The maximum atomic E-state index is 11.1. The number of nitroso groups, excluding NO2 is 1. The van der Waals surface area contributed by atoms with Crippen molar-refractivity contribution in [1.82, 2.24) is 9.55 Å². The summed E-state index contributed by atoms with van der Waals surface area (Å²) in [6.45, 7) is 1.80. The highest BCUT2D eigenvalue weighted by atomic mass is 16.3. The van der Waals surface area contributed by atoms with E-state index in [1.54, 1.807) is 6.92 Å². The lowest BCUT2D eigenvalue weighted by Gasteiger charge is -2.01. The van der Waals surface area contributed by atoms with E-state index in [0.29, 0.717) is 5.56 Å². The molecule has 0 aliphatic rings. The van der Waals surface area contributed by atoms with Gasteiger partial charge in [-0.05, 0) is 6.92 Å². The molecular formula is C7H9N3O3. The highest BCUT2D eigenvalue weighted by molar-refractivity contribution is 5.00. The van der Waals surface area contributed by atoms with Crippen molar-refractivity contribution in [3.8, 4) is 0 Å². The number of aryl methyl sites for hydroxylation is 1. The van der Waals surface area contributed by atoms with E-state index in [2.05, 4.69) is 10.2 Å². The Morgan fingerprint density at radius 1 is 1.54 bits per heavy atom. The fourth-order valence-electron chi connectivity index (χ4n) is 0.933. The number of hydrogen-bond donors (Lipinski definition) is 1. The van der Waals surface area contributed by atoms with Crippen LogP contribution in [0, 0.1) is 11.8 Å². The zero-order valence-corrected chi connectivity index (χ0v) is 7.11. The molecular weight excluding hydrogens is 174 g/mol. The first-order valence-electron chi connectivity index (χ1n) is 3.74. The van der Waals surface area contributed by atoms with Gasteiger partial charge in [-0.1, -0.05) is 5.18 Å². The Bertz CT molecular complexity index is 418. The van der Waals surface area contributed by atoms with E-state index in [4.69, 9.17) is 0 Å². The van der Waals surface area contributed by atoms with Gasteiger partial charge in [0.1, 0.15) is 0 Å². The highest BCUT2D eigenvalue weighted by Gasteiger charge is 1.99. The number of nitrogens with one attached hydrogen (secondary N) is 1. The molecule has 0 amide bonds. The Kier molecular flexibility index (Phi) is 2.73. The molecule has 0 atom stereocenters. The molecule has 6 heteroatoms. The largest absolute Gasteiger partial charge is 0.328 e. The Morgan fingerprint density at radius 2 is 2.23 bits per heavy atom. The number of aromatic amines is 1. The second-order valence-electron chi connectivity index (χ2n) is 2.62. The van der Waals surface area contributed by atoms with E-state index in [1.807, 2.05) is 0 Å². The quantitative estimate of drug-likeness (QED) is 0.647. The molecule has 1 rings (SSSR count). The lowest BCUT2D eigenvalue weighted by molar-refractivity contribution is 0.650. The molecule has 0 fully saturated rings. The number of nitrogens with zero attached hydrogens (tertiary/aromatic N) is 2. The average molecular weight is 183 g/mol. The highest BCUT2D eigenvalue weighted by Crippen LogP contribution is 1.84. The molecule has 13 heavy (non-hydrogen) atoms. The van der Waals surface area contributed by atoms with Gasteiger partial charge in [-0.25, -0.2) is 4.79 Å². The molecule has 0 saturated heterocycles. The molecule has 0 aliphatic carbocycles. The predicted octanol–water partition coefficient (Wildman–Crippen LogP) is -0.389. The van der Waals surface area contributed by atoms with Gasteiger partial charge in [-0.15, -0.1) is 0 Å². The smallest absolute Gasteiger partial charge is 0.298 e. The van der Waals surface area contributed by atoms with Gasteiger partial charge in [0.05, 0.1) is 13.1 Å². The van der Waals surface area contributed by atoms with Gasteiger partial charge in [0.25, 0.3) is 5.56 Å². The van der Waals surface area contributed by atoms with Gasteiger partial charge in [0, 0.05) is 11.8 Å². The van der Waals surface area contributed by atoms with E-state index in [0.717, 1.165) is 0 Å². The number of H-pyrrole nitrogens is 1. The first kappa shape index (κ1) is 9.37. The lowest BCUT2D eigenvalue weighted by Crippen LogP contribution is -2.31. The molecule has 0 aliphatic heterocycles. The summed E-state index contributed by atoms with van der Waals surface area (Å²) in [5.74, 6) is 0. The topological polar surface area (TPSA) is 84.3 Å². The van der Waals surface area contributed by atoms with Crippen LogP contribution in [-0.4, -0.2) is 16.1 Å². The molecule has 1 aromatic rings. The third-order valence-electron chi connectivity index (χ3n) is 1.62. The normalized spacial score (nSPS) is 9.92. The Morgan fingerprint density at radius 3 is 2.85 bits per heavy atom. The predicted molar refractivity (Wildman–Crippen MR) is 46.7 cm³/mol. The molecule has 0 bridgehead atoms. The fraction of sp³-hybridized carbons (Fsp3) is 0.429. The molecule has 1 heterocycles. The number of hydrogen-bond acceptors (Lipinski definition) is 4. The zero-order chi connectivity index (χ0) is 9.84. The maximum absolute atomic E-state index is 11.1. The zero-order valence-electron chi connectivity index (χ0n) is 7.11. The minimum Gasteiger partial charge on any atom is -0.298 e. The lowest BCUT2D eigenvalue weighted by atomic mass is 10.4. The van der Waals surface area contributed by atoms with E-state index in [1.165, 1.54) is 10.8 Å². The van der Waals surface area contributed by atoms with E-state index in [-0.39, 0.29) is 13.1 Å². The second-order valence-corrected chi connectivity index (χ2v) is 2.62. The molecule has 0 unspecified atom stereocenters. The Balaban J connectivity index is 3.08. The summed E-state index contributed by atoms with van der Waals surface area (Å²) >= 11 is 0. The van der Waals surface area contributed by atoms with E-state index < -0.39 is 11.2 Å². The third-order valence-corrected chi connectivity index (χ3v) is 1.62. The molecule has 70 valence electrons. The van der Waals surface area contributed by atoms with Gasteiger partial charge < -0.3 is 0 Å². The summed E-state index contributed by atoms with van der Waals surface area (Å²) in [7, 11) is 0. The van der Waals surface area contributed by atoms with Crippen LogP contribution in [0.3, 0.4) is 0 Å². The van der Waals surface area contributed by atoms with Crippen LogP contribution in [-0.2, 0) is 6.54 Å². The summed E-state index contributed by atoms with van der Waals surface area (Å²) in [5, 5.41) is 2.62. The van der Waals surface area contributed by atoms with Crippen LogP contribution >= 0.6 is 0 Å². The van der Waals surface area contributed by atoms with Crippen molar-refractivity contribution < 1.29 is 0 Å². The first-order chi connectivity index (χ1) is 6.15. The van der Waals surface area contributed by atoms with Gasteiger partial charge in [0.15, 0.2) is 0 Å². The van der Waals surface area contributed by atoms with Gasteiger partial charge in [-0.2, -0.15) is 4.91 Å². The minimum absolute atomic E-state index is 0.0192. The number of rotatable bonds is 3. The molecule has 6 nitrogen and oxygen atoms in total. The van der Waals surface area contributed by atoms with Crippen LogP contribution < -0.4 is 11.2 Å². The van der Waals surface area contributed by atoms with Crippen molar-refractivity contribution in [2.24, 2.45) is 5.18 Å². The molecule has 0 saturated carbocycles. The summed E-state index contributed by atoms with van der Waals surface area (Å²) in [4.78, 5) is 33.9. The van der Waals surface area contributed by atoms with Crippen molar-refractivity contribution in [2.75, 3.05) is 6.54 Å². The Labute approximate surface area is 73.2 Å². The van der Waals surface area contributed by atoms with Crippen molar-refractivity contribution in [2.45, 2.75) is 13.5 Å². The summed E-state index contributed by atoms with van der Waals surface area (Å²) in [6, 6.07) is 0. The first-order valence-corrected chi connectivity index (χ1v) is 3.74. The second kappa shape index (κ2) is 3.79. The van der Waals surface area contributed by atoms with E-state index in [9.17, 15) is 14.5 Å². The Hall–Kier alpha value is -1.72. The van der Waals surface area contributed by atoms with Crippen molar-refractivity contribution in [3.05, 3.63) is 37.5 Å². The van der Waals surface area contributed by atoms with Crippen LogP contribution in [0.5, 0.6) is 0 Å². The standard InChI is InChI=1S/C7H9N3O3/c1-5-4-10(3-2-8-13)7(12)9-6(5)11/h4H,2-3H2,1H3,(H,9,11,12). The van der Waals surface area contributed by atoms with Crippen LogP contribution in [0.2, 0.25) is 0 Å². The van der Waals surface area contributed by atoms with Gasteiger partial charge in [-0.3, -0.25) is 14.3 Å².